The number of rotatable bonds is 32. The lowest BCUT2D eigenvalue weighted by molar-refractivity contribution is -0.182. The van der Waals surface area contributed by atoms with Crippen molar-refractivity contribution in [2.45, 2.75) is 213 Å². The lowest BCUT2D eigenvalue weighted by Gasteiger charge is -2.27. The topological polar surface area (TPSA) is 64.7 Å². The second-order valence-electron chi connectivity index (χ2n) is 13.0. The van der Waals surface area contributed by atoms with Crippen LogP contribution in [0.4, 0.5) is 0 Å². The smallest absolute Gasteiger partial charge is 0.181 e. The Morgan fingerprint density at radius 3 is 1.15 bits per heavy atom. The molecule has 0 radical (unpaired) electrons. The van der Waals surface area contributed by atoms with Crippen molar-refractivity contribution >= 4 is 17.0 Å². The number of halogens is 1. The molecule has 0 aromatic carbocycles. The van der Waals surface area contributed by atoms with E-state index >= 15 is 0 Å². The summed E-state index contributed by atoms with van der Waals surface area (Å²) < 4.78 is 11.9. The van der Waals surface area contributed by atoms with Crippen LogP contribution in [0.1, 0.15) is 195 Å². The van der Waals surface area contributed by atoms with Gasteiger partial charge in [-0.2, -0.15) is 0 Å². The average molecular weight is 637 g/mol. The van der Waals surface area contributed by atoms with Crippen LogP contribution in [0, 0.1) is 0 Å². The predicted octanol–water partition coefficient (Wildman–Crippen LogP) is 11.2. The van der Waals surface area contributed by atoms with E-state index in [1.165, 1.54) is 141 Å². The van der Waals surface area contributed by atoms with E-state index in [1.807, 2.05) is 13.8 Å². The molecule has 40 heavy (non-hydrogen) atoms. The molecule has 0 saturated heterocycles. The van der Waals surface area contributed by atoms with Crippen molar-refractivity contribution in [3.63, 3.8) is 0 Å². The van der Waals surface area contributed by atoms with Gasteiger partial charge in [0.15, 0.2) is 6.29 Å². The van der Waals surface area contributed by atoms with Crippen molar-refractivity contribution in [2.75, 3.05) is 13.2 Å². The van der Waals surface area contributed by atoms with Crippen molar-refractivity contribution in [2.24, 2.45) is 5.73 Å². The fraction of sp³-hybridized carbons (Fsp3) is 1.00. The maximum Gasteiger partial charge on any atom is 0.181 e. The molecular formula is C35H74BrNO3. The molecule has 0 spiro atoms. The molecule has 0 amide bonds. The van der Waals surface area contributed by atoms with Crippen LogP contribution < -0.4 is 5.73 Å². The normalized spacial score (nSPS) is 13.3. The van der Waals surface area contributed by atoms with Gasteiger partial charge in [-0.1, -0.05) is 155 Å². The van der Waals surface area contributed by atoms with E-state index in [4.69, 9.17) is 15.2 Å². The lowest BCUT2D eigenvalue weighted by atomic mass is 9.97. The van der Waals surface area contributed by atoms with E-state index < -0.39 is 6.29 Å². The van der Waals surface area contributed by atoms with Crippen molar-refractivity contribution in [1.29, 1.82) is 0 Å². The van der Waals surface area contributed by atoms with Gasteiger partial charge in [0.1, 0.15) is 6.10 Å². The minimum atomic E-state index is -0.850. The molecule has 0 aromatic heterocycles. The summed E-state index contributed by atoms with van der Waals surface area (Å²) in [4.78, 5) is 0. The highest BCUT2D eigenvalue weighted by molar-refractivity contribution is 8.93. The van der Waals surface area contributed by atoms with Gasteiger partial charge in [0.2, 0.25) is 0 Å². The van der Waals surface area contributed by atoms with Gasteiger partial charge in [-0.3, -0.25) is 0 Å². The van der Waals surface area contributed by atoms with Gasteiger partial charge in [0.25, 0.3) is 0 Å². The Kier molecular flexibility index (Phi) is 34.2. The quantitative estimate of drug-likeness (QED) is 0.0570. The number of aliphatic hydroxyl groups excluding tert-OH is 1. The van der Waals surface area contributed by atoms with Gasteiger partial charge in [-0.15, -0.1) is 17.0 Å². The summed E-state index contributed by atoms with van der Waals surface area (Å²) in [5, 5.41) is 10.7. The molecule has 2 atom stereocenters. The van der Waals surface area contributed by atoms with Crippen LogP contribution in [0.25, 0.3) is 0 Å². The number of aliphatic hydroxyl groups is 1. The van der Waals surface area contributed by atoms with E-state index in [0.29, 0.717) is 13.2 Å². The van der Waals surface area contributed by atoms with Gasteiger partial charge in [-0.25, -0.2) is 0 Å². The average Bonchev–Trinajstić information content (AvgIpc) is 2.90. The summed E-state index contributed by atoms with van der Waals surface area (Å²) in [6, 6.07) is 0. The summed E-state index contributed by atoms with van der Waals surface area (Å²) in [5.74, 6) is 0. The minimum absolute atomic E-state index is 0. The highest BCUT2D eigenvalue weighted by atomic mass is 79.9. The van der Waals surface area contributed by atoms with E-state index in [2.05, 4.69) is 13.8 Å². The molecule has 4 nitrogen and oxygen atoms in total. The Bertz CT molecular complexity index is 472. The molecule has 0 rings (SSSR count). The molecule has 0 aliphatic heterocycles. The molecule has 0 aliphatic rings. The molecule has 0 aliphatic carbocycles. The first kappa shape index (κ1) is 42.5. The molecule has 0 aromatic rings. The van der Waals surface area contributed by atoms with Crippen molar-refractivity contribution in [1.82, 2.24) is 0 Å². The lowest BCUT2D eigenvalue weighted by Crippen LogP contribution is -2.37. The fourth-order valence-electron chi connectivity index (χ4n) is 5.25. The summed E-state index contributed by atoms with van der Waals surface area (Å²) in [6.07, 6.45) is 32.4. The molecule has 0 fully saturated rings. The van der Waals surface area contributed by atoms with E-state index in [1.54, 1.807) is 0 Å². The summed E-state index contributed by atoms with van der Waals surface area (Å²) >= 11 is 0. The van der Waals surface area contributed by atoms with Gasteiger partial charge in [0, 0.05) is 18.8 Å². The Hall–Kier alpha value is 0.320. The molecule has 2 unspecified atom stereocenters. The molecule has 0 bridgehead atoms. The number of hydrogen-bond donors (Lipinski definition) is 2. The second-order valence-corrected chi connectivity index (χ2v) is 13.0. The largest absolute Gasteiger partial charge is 0.373 e. The SMILES string of the molecule is Br.CCCCCCCCCCCCCCOC(O)C(CCC(C)(C)N)OCCCCCCCCCCCCCC. The minimum Gasteiger partial charge on any atom is -0.373 e. The highest BCUT2D eigenvalue weighted by Gasteiger charge is 2.23. The van der Waals surface area contributed by atoms with Crippen LogP contribution in [0.2, 0.25) is 0 Å². The second kappa shape index (κ2) is 32.2. The summed E-state index contributed by atoms with van der Waals surface area (Å²) in [7, 11) is 0. The number of hydrogen-bond acceptors (Lipinski definition) is 4. The first-order chi connectivity index (χ1) is 18.9. The van der Waals surface area contributed by atoms with Gasteiger partial charge >= 0.3 is 0 Å². The first-order valence-corrected chi connectivity index (χ1v) is 17.6. The van der Waals surface area contributed by atoms with E-state index in [9.17, 15) is 5.11 Å². The molecule has 0 heterocycles. The monoisotopic (exact) mass is 635 g/mol. The molecule has 0 saturated carbocycles. The zero-order valence-corrected chi connectivity index (χ0v) is 29.4. The fourth-order valence-corrected chi connectivity index (χ4v) is 5.25. The zero-order chi connectivity index (χ0) is 28.9. The van der Waals surface area contributed by atoms with Crippen LogP contribution in [-0.4, -0.2) is 36.3 Å². The van der Waals surface area contributed by atoms with Crippen molar-refractivity contribution in [3.8, 4) is 0 Å². The molecule has 244 valence electrons. The number of ether oxygens (including phenoxy) is 2. The van der Waals surface area contributed by atoms with Gasteiger partial charge < -0.3 is 20.3 Å². The van der Waals surface area contributed by atoms with Crippen molar-refractivity contribution in [3.05, 3.63) is 0 Å². The zero-order valence-electron chi connectivity index (χ0n) is 27.7. The third kappa shape index (κ3) is 32.8. The van der Waals surface area contributed by atoms with E-state index in [-0.39, 0.29) is 28.6 Å². The predicted molar refractivity (Wildman–Crippen MR) is 182 cm³/mol. The van der Waals surface area contributed by atoms with Crippen LogP contribution in [0.15, 0.2) is 0 Å². The molecule has 3 N–H and O–H groups in total. The Morgan fingerprint density at radius 2 is 0.825 bits per heavy atom. The standard InChI is InChI=1S/C35H73NO3.BrH/c1-5-7-9-11-13-15-17-19-21-23-25-27-31-38-33(29-30-35(3,4)36)34(37)39-32-28-26-24-22-20-18-16-14-12-10-8-6-2;/h33-34,37H,5-32,36H2,1-4H3;1H. The van der Waals surface area contributed by atoms with Crippen LogP contribution in [-0.2, 0) is 9.47 Å². The Balaban J connectivity index is 0. The van der Waals surface area contributed by atoms with Gasteiger partial charge in [0.05, 0.1) is 0 Å². The maximum absolute atomic E-state index is 10.7. The van der Waals surface area contributed by atoms with Crippen LogP contribution >= 0.6 is 17.0 Å². The Labute approximate surface area is 262 Å². The van der Waals surface area contributed by atoms with E-state index in [0.717, 1.165) is 25.7 Å². The Morgan fingerprint density at radius 1 is 0.525 bits per heavy atom. The van der Waals surface area contributed by atoms with Crippen molar-refractivity contribution < 1.29 is 14.6 Å². The maximum atomic E-state index is 10.7. The summed E-state index contributed by atoms with van der Waals surface area (Å²) in [6.45, 7) is 9.95. The molecular weight excluding hydrogens is 562 g/mol. The van der Waals surface area contributed by atoms with Crippen LogP contribution in [0.3, 0.4) is 0 Å². The van der Waals surface area contributed by atoms with Gasteiger partial charge in [-0.05, 0) is 39.5 Å². The number of nitrogens with two attached hydrogens (primary N) is 1. The highest BCUT2D eigenvalue weighted by Crippen LogP contribution is 2.18. The summed E-state index contributed by atoms with van der Waals surface area (Å²) in [5.41, 5.74) is 5.95. The number of unbranched alkanes of at least 4 members (excludes halogenated alkanes) is 22. The van der Waals surface area contributed by atoms with Crippen LogP contribution in [0.5, 0.6) is 0 Å². The molecule has 5 heteroatoms. The first-order valence-electron chi connectivity index (χ1n) is 17.6. The third-order valence-corrected chi connectivity index (χ3v) is 8.01. The third-order valence-electron chi connectivity index (χ3n) is 8.01.